The zero-order valence-corrected chi connectivity index (χ0v) is 11.3. The smallest absolute Gasteiger partial charge is 0.265 e. The van der Waals surface area contributed by atoms with Gasteiger partial charge >= 0.3 is 0 Å². The number of halogens is 1. The summed E-state index contributed by atoms with van der Waals surface area (Å²) in [6.07, 6.45) is 1.66. The lowest BCUT2D eigenvalue weighted by atomic mass is 10.2. The summed E-state index contributed by atoms with van der Waals surface area (Å²) in [4.78, 5) is 17.0. The number of pyridine rings is 1. The van der Waals surface area contributed by atoms with Gasteiger partial charge in [0.2, 0.25) is 0 Å². The molecule has 1 amide bonds. The van der Waals surface area contributed by atoms with Crippen molar-refractivity contribution in [3.05, 3.63) is 57.9 Å². The fourth-order valence-electron chi connectivity index (χ4n) is 1.82. The lowest BCUT2D eigenvalue weighted by molar-refractivity contribution is 0.103. The normalized spacial score (nSPS) is 10.6. The minimum atomic E-state index is -0.113. The standard InChI is InChI=1S/C14H9ClN2OS/c15-9-3-4-10-11(5-6-16-12(10)8-9)17-14(18)13-2-1-7-19-13/h1-8H,(H,16,17,18). The van der Waals surface area contributed by atoms with Crippen molar-refractivity contribution in [3.8, 4) is 0 Å². The van der Waals surface area contributed by atoms with E-state index in [1.807, 2.05) is 17.5 Å². The highest BCUT2D eigenvalue weighted by Gasteiger charge is 2.09. The molecule has 0 aliphatic rings. The predicted octanol–water partition coefficient (Wildman–Crippen LogP) is 4.20. The molecule has 0 atom stereocenters. The Kier molecular flexibility index (Phi) is 3.19. The summed E-state index contributed by atoms with van der Waals surface area (Å²) in [5, 5.41) is 6.27. The molecule has 0 fully saturated rings. The van der Waals surface area contributed by atoms with Gasteiger partial charge in [-0.15, -0.1) is 11.3 Å². The molecule has 2 aromatic heterocycles. The zero-order valence-electron chi connectivity index (χ0n) is 9.76. The monoisotopic (exact) mass is 288 g/mol. The maximum atomic E-state index is 12.0. The number of carbonyl (C=O) groups excluding carboxylic acids is 1. The van der Waals surface area contributed by atoms with Gasteiger partial charge in [-0.2, -0.15) is 0 Å². The molecule has 2 heterocycles. The number of anilines is 1. The van der Waals surface area contributed by atoms with E-state index in [1.54, 1.807) is 30.5 Å². The van der Waals surface area contributed by atoms with Crippen LogP contribution in [0.5, 0.6) is 0 Å². The van der Waals surface area contributed by atoms with Gasteiger partial charge in [-0.05, 0) is 35.7 Å². The first-order valence-electron chi connectivity index (χ1n) is 5.63. The number of nitrogens with zero attached hydrogens (tertiary/aromatic N) is 1. The summed E-state index contributed by atoms with van der Waals surface area (Å²) in [7, 11) is 0. The van der Waals surface area contributed by atoms with Gasteiger partial charge in [0.05, 0.1) is 16.1 Å². The largest absolute Gasteiger partial charge is 0.321 e. The fourth-order valence-corrected chi connectivity index (χ4v) is 2.61. The molecular formula is C14H9ClN2OS. The first-order chi connectivity index (χ1) is 9.24. The lowest BCUT2D eigenvalue weighted by Gasteiger charge is -2.07. The van der Waals surface area contributed by atoms with Gasteiger partial charge in [0, 0.05) is 16.6 Å². The van der Waals surface area contributed by atoms with E-state index in [4.69, 9.17) is 11.6 Å². The van der Waals surface area contributed by atoms with Crippen LogP contribution in [-0.4, -0.2) is 10.9 Å². The predicted molar refractivity (Wildman–Crippen MR) is 79.0 cm³/mol. The molecular weight excluding hydrogens is 280 g/mol. The molecule has 19 heavy (non-hydrogen) atoms. The van der Waals surface area contributed by atoms with E-state index in [0.29, 0.717) is 9.90 Å². The molecule has 0 unspecified atom stereocenters. The van der Waals surface area contributed by atoms with E-state index in [0.717, 1.165) is 16.6 Å². The highest BCUT2D eigenvalue weighted by molar-refractivity contribution is 7.12. The highest BCUT2D eigenvalue weighted by Crippen LogP contribution is 2.25. The number of fused-ring (bicyclic) bond motifs is 1. The molecule has 5 heteroatoms. The van der Waals surface area contributed by atoms with E-state index in [-0.39, 0.29) is 5.91 Å². The van der Waals surface area contributed by atoms with Crippen LogP contribution in [0.1, 0.15) is 9.67 Å². The minimum Gasteiger partial charge on any atom is -0.321 e. The van der Waals surface area contributed by atoms with Crippen LogP contribution in [0.2, 0.25) is 5.02 Å². The van der Waals surface area contributed by atoms with E-state index in [2.05, 4.69) is 10.3 Å². The summed E-state index contributed by atoms with van der Waals surface area (Å²) >= 11 is 7.34. The second kappa shape index (κ2) is 4.99. The van der Waals surface area contributed by atoms with Crippen molar-refractivity contribution in [2.75, 3.05) is 5.32 Å². The third kappa shape index (κ3) is 2.45. The van der Waals surface area contributed by atoms with Crippen molar-refractivity contribution >= 4 is 45.4 Å². The molecule has 0 bridgehead atoms. The molecule has 0 saturated heterocycles. The molecule has 0 aliphatic heterocycles. The second-order valence-corrected chi connectivity index (χ2v) is 5.34. The summed E-state index contributed by atoms with van der Waals surface area (Å²) in [6, 6.07) is 10.8. The summed E-state index contributed by atoms with van der Waals surface area (Å²) in [5.74, 6) is -0.113. The number of amides is 1. The van der Waals surface area contributed by atoms with Crippen LogP contribution >= 0.6 is 22.9 Å². The van der Waals surface area contributed by atoms with Crippen LogP contribution in [0, 0.1) is 0 Å². The molecule has 3 aromatic rings. The molecule has 1 aromatic carbocycles. The van der Waals surface area contributed by atoms with E-state index < -0.39 is 0 Å². The van der Waals surface area contributed by atoms with Crippen molar-refractivity contribution in [1.29, 1.82) is 0 Å². The van der Waals surface area contributed by atoms with Gasteiger partial charge in [0.15, 0.2) is 0 Å². The number of aromatic nitrogens is 1. The van der Waals surface area contributed by atoms with Gasteiger partial charge < -0.3 is 5.32 Å². The molecule has 1 N–H and O–H groups in total. The Bertz CT molecular complexity index is 740. The maximum absolute atomic E-state index is 12.0. The van der Waals surface area contributed by atoms with Gasteiger partial charge in [-0.1, -0.05) is 17.7 Å². The van der Waals surface area contributed by atoms with E-state index in [1.165, 1.54) is 11.3 Å². The molecule has 94 valence electrons. The number of hydrogen-bond donors (Lipinski definition) is 1. The Labute approximate surface area is 118 Å². The van der Waals surface area contributed by atoms with Gasteiger partial charge in [-0.25, -0.2) is 0 Å². The van der Waals surface area contributed by atoms with E-state index in [9.17, 15) is 4.79 Å². The average Bonchev–Trinajstić information content (AvgIpc) is 2.92. The number of benzene rings is 1. The van der Waals surface area contributed by atoms with Crippen LogP contribution in [0.3, 0.4) is 0 Å². The van der Waals surface area contributed by atoms with Gasteiger partial charge in [0.25, 0.3) is 5.91 Å². The quantitative estimate of drug-likeness (QED) is 0.768. The molecule has 3 nitrogen and oxygen atoms in total. The number of nitrogens with one attached hydrogen (secondary N) is 1. The van der Waals surface area contributed by atoms with Gasteiger partial charge in [-0.3, -0.25) is 9.78 Å². The molecule has 0 spiro atoms. The van der Waals surface area contributed by atoms with Crippen LogP contribution in [0.4, 0.5) is 5.69 Å². The Morgan fingerprint density at radius 3 is 2.95 bits per heavy atom. The maximum Gasteiger partial charge on any atom is 0.265 e. The second-order valence-electron chi connectivity index (χ2n) is 3.95. The topological polar surface area (TPSA) is 42.0 Å². The zero-order chi connectivity index (χ0) is 13.2. The van der Waals surface area contributed by atoms with Crippen LogP contribution in [-0.2, 0) is 0 Å². The average molecular weight is 289 g/mol. The number of thiophene rings is 1. The van der Waals surface area contributed by atoms with Crippen molar-refractivity contribution < 1.29 is 4.79 Å². The first kappa shape index (κ1) is 12.1. The van der Waals surface area contributed by atoms with Crippen molar-refractivity contribution in [3.63, 3.8) is 0 Å². The molecule has 0 radical (unpaired) electrons. The van der Waals surface area contributed by atoms with Crippen molar-refractivity contribution in [2.45, 2.75) is 0 Å². The fraction of sp³-hybridized carbons (Fsp3) is 0. The molecule has 0 aliphatic carbocycles. The number of rotatable bonds is 2. The summed E-state index contributed by atoms with van der Waals surface area (Å²) in [6.45, 7) is 0. The summed E-state index contributed by atoms with van der Waals surface area (Å²) < 4.78 is 0. The van der Waals surface area contributed by atoms with Crippen LogP contribution < -0.4 is 5.32 Å². The number of carbonyl (C=O) groups is 1. The third-order valence-electron chi connectivity index (χ3n) is 2.70. The van der Waals surface area contributed by atoms with Crippen LogP contribution in [0.25, 0.3) is 10.9 Å². The summed E-state index contributed by atoms with van der Waals surface area (Å²) in [5.41, 5.74) is 1.50. The highest BCUT2D eigenvalue weighted by atomic mass is 35.5. The lowest BCUT2D eigenvalue weighted by Crippen LogP contribution is -2.10. The van der Waals surface area contributed by atoms with Gasteiger partial charge in [0.1, 0.15) is 0 Å². The van der Waals surface area contributed by atoms with E-state index >= 15 is 0 Å². The SMILES string of the molecule is O=C(Nc1ccnc2cc(Cl)ccc12)c1cccs1. The minimum absolute atomic E-state index is 0.113. The Hall–Kier alpha value is -1.91. The Balaban J connectivity index is 1.99. The first-order valence-corrected chi connectivity index (χ1v) is 6.89. The Morgan fingerprint density at radius 2 is 2.16 bits per heavy atom. The van der Waals surface area contributed by atoms with Crippen molar-refractivity contribution in [1.82, 2.24) is 4.98 Å². The molecule has 0 saturated carbocycles. The van der Waals surface area contributed by atoms with Crippen LogP contribution in [0.15, 0.2) is 48.0 Å². The Morgan fingerprint density at radius 1 is 1.26 bits per heavy atom. The molecule has 3 rings (SSSR count). The van der Waals surface area contributed by atoms with Crippen molar-refractivity contribution in [2.24, 2.45) is 0 Å². The third-order valence-corrected chi connectivity index (χ3v) is 3.80. The number of hydrogen-bond acceptors (Lipinski definition) is 3.